The van der Waals surface area contributed by atoms with Gasteiger partial charge in [-0.15, -0.1) is 11.3 Å². The van der Waals surface area contributed by atoms with Crippen molar-refractivity contribution in [2.75, 3.05) is 17.1 Å². The van der Waals surface area contributed by atoms with Crippen LogP contribution in [-0.4, -0.2) is 21.4 Å². The van der Waals surface area contributed by atoms with E-state index in [1.54, 1.807) is 30.3 Å². The van der Waals surface area contributed by atoms with Crippen molar-refractivity contribution in [2.45, 2.75) is 4.90 Å². The molecule has 2 aromatic carbocycles. The number of sulfonamides is 1. The van der Waals surface area contributed by atoms with Gasteiger partial charge in [-0.1, -0.05) is 41.4 Å². The molecule has 0 aliphatic carbocycles. The van der Waals surface area contributed by atoms with Crippen molar-refractivity contribution < 1.29 is 17.9 Å². The Hall–Kier alpha value is -2.26. The fourth-order valence-corrected chi connectivity index (χ4v) is 4.94. The molecule has 28 heavy (non-hydrogen) atoms. The van der Waals surface area contributed by atoms with Crippen LogP contribution in [-0.2, 0) is 10.0 Å². The SMILES string of the molecule is COc1ccccc1NS(=O)(=O)c1cccc(NC(=O)c2cc(Cl)sc2Cl)c1. The number of hydrogen-bond acceptors (Lipinski definition) is 5. The van der Waals surface area contributed by atoms with E-state index in [1.807, 2.05) is 0 Å². The zero-order valence-electron chi connectivity index (χ0n) is 14.4. The van der Waals surface area contributed by atoms with Gasteiger partial charge in [-0.05, 0) is 36.4 Å². The highest BCUT2D eigenvalue weighted by Crippen LogP contribution is 2.32. The van der Waals surface area contributed by atoms with E-state index in [2.05, 4.69) is 10.0 Å². The van der Waals surface area contributed by atoms with Gasteiger partial charge in [-0.3, -0.25) is 9.52 Å². The first-order valence-corrected chi connectivity index (χ1v) is 10.9. The molecule has 6 nitrogen and oxygen atoms in total. The molecule has 0 aliphatic heterocycles. The van der Waals surface area contributed by atoms with E-state index in [-0.39, 0.29) is 14.8 Å². The van der Waals surface area contributed by atoms with Gasteiger partial charge in [-0.2, -0.15) is 0 Å². The van der Waals surface area contributed by atoms with Crippen molar-refractivity contribution in [3.8, 4) is 5.75 Å². The predicted molar refractivity (Wildman–Crippen MR) is 113 cm³/mol. The number of carbonyl (C=O) groups is 1. The molecule has 0 atom stereocenters. The Labute approximate surface area is 176 Å². The zero-order chi connectivity index (χ0) is 20.3. The van der Waals surface area contributed by atoms with Crippen LogP contribution in [0.5, 0.6) is 5.75 Å². The molecule has 0 saturated carbocycles. The van der Waals surface area contributed by atoms with E-state index in [4.69, 9.17) is 27.9 Å². The second-order valence-corrected chi connectivity index (χ2v) is 9.49. The van der Waals surface area contributed by atoms with Crippen LogP contribution in [0, 0.1) is 0 Å². The lowest BCUT2D eigenvalue weighted by Gasteiger charge is -2.12. The van der Waals surface area contributed by atoms with Crippen molar-refractivity contribution in [2.24, 2.45) is 0 Å². The van der Waals surface area contributed by atoms with Gasteiger partial charge in [0.1, 0.15) is 10.1 Å². The minimum absolute atomic E-state index is 0.0225. The van der Waals surface area contributed by atoms with Crippen LogP contribution in [0.3, 0.4) is 0 Å². The molecule has 0 bridgehead atoms. The number of thiophene rings is 1. The quantitative estimate of drug-likeness (QED) is 0.539. The molecule has 146 valence electrons. The monoisotopic (exact) mass is 456 g/mol. The van der Waals surface area contributed by atoms with Crippen LogP contribution in [0.1, 0.15) is 10.4 Å². The molecule has 2 N–H and O–H groups in total. The molecular weight excluding hydrogens is 443 g/mol. The minimum atomic E-state index is -3.90. The van der Waals surface area contributed by atoms with Crippen LogP contribution in [0.15, 0.2) is 59.5 Å². The van der Waals surface area contributed by atoms with E-state index in [0.717, 1.165) is 11.3 Å². The van der Waals surface area contributed by atoms with Gasteiger partial charge in [0.2, 0.25) is 0 Å². The predicted octanol–water partition coefficient (Wildman–Crippen LogP) is 5.12. The molecule has 0 saturated heterocycles. The number of amides is 1. The van der Waals surface area contributed by atoms with Gasteiger partial charge in [0.05, 0.1) is 27.6 Å². The molecule has 10 heteroatoms. The highest BCUT2D eigenvalue weighted by molar-refractivity contribution is 7.92. The van der Waals surface area contributed by atoms with Gasteiger partial charge in [0.25, 0.3) is 15.9 Å². The average Bonchev–Trinajstić information content (AvgIpc) is 3.00. The van der Waals surface area contributed by atoms with Gasteiger partial charge in [-0.25, -0.2) is 8.42 Å². The molecule has 0 unspecified atom stereocenters. The van der Waals surface area contributed by atoms with E-state index in [1.165, 1.54) is 31.4 Å². The number of nitrogens with one attached hydrogen (secondary N) is 2. The Bertz CT molecular complexity index is 1130. The van der Waals surface area contributed by atoms with Gasteiger partial charge < -0.3 is 10.1 Å². The van der Waals surface area contributed by atoms with Crippen molar-refractivity contribution in [1.82, 2.24) is 0 Å². The van der Waals surface area contributed by atoms with E-state index >= 15 is 0 Å². The Morgan fingerprint density at radius 1 is 1.07 bits per heavy atom. The summed E-state index contributed by atoms with van der Waals surface area (Å²) in [5.41, 5.74) is 0.822. The molecule has 0 radical (unpaired) electrons. The largest absolute Gasteiger partial charge is 0.495 e. The molecule has 0 aliphatic rings. The maximum atomic E-state index is 12.7. The fraction of sp³-hybridized carbons (Fsp3) is 0.0556. The summed E-state index contributed by atoms with van der Waals surface area (Å²) in [5.74, 6) is -0.0973. The van der Waals surface area contributed by atoms with Crippen LogP contribution in [0.25, 0.3) is 0 Å². The number of benzene rings is 2. The van der Waals surface area contributed by atoms with Crippen molar-refractivity contribution in [3.05, 3.63) is 68.8 Å². The number of carbonyl (C=O) groups excluding carboxylic acids is 1. The van der Waals surface area contributed by atoms with Crippen molar-refractivity contribution >= 4 is 61.8 Å². The molecule has 1 aromatic heterocycles. The van der Waals surface area contributed by atoms with Crippen LogP contribution < -0.4 is 14.8 Å². The Morgan fingerprint density at radius 3 is 2.50 bits per heavy atom. The molecule has 3 aromatic rings. The van der Waals surface area contributed by atoms with Crippen molar-refractivity contribution in [1.29, 1.82) is 0 Å². The topological polar surface area (TPSA) is 84.5 Å². The Morgan fingerprint density at radius 2 is 1.82 bits per heavy atom. The Balaban J connectivity index is 1.84. The molecule has 1 amide bonds. The highest BCUT2D eigenvalue weighted by Gasteiger charge is 2.18. The third-order valence-corrected chi connectivity index (χ3v) is 6.51. The maximum absolute atomic E-state index is 12.7. The summed E-state index contributed by atoms with van der Waals surface area (Å²) < 4.78 is 33.7. The summed E-state index contributed by atoms with van der Waals surface area (Å²) in [6.07, 6.45) is 0. The maximum Gasteiger partial charge on any atom is 0.262 e. The molecular formula is C18H14Cl2N2O4S2. The smallest absolute Gasteiger partial charge is 0.262 e. The third kappa shape index (κ3) is 4.59. The van der Waals surface area contributed by atoms with Crippen LogP contribution >= 0.6 is 34.5 Å². The number of ether oxygens (including phenoxy) is 1. The molecule has 0 spiro atoms. The average molecular weight is 457 g/mol. The molecule has 0 fully saturated rings. The number of methoxy groups -OCH3 is 1. The fourth-order valence-electron chi connectivity index (χ4n) is 2.37. The van der Waals surface area contributed by atoms with Gasteiger partial charge in [0, 0.05) is 5.69 Å². The number of rotatable bonds is 6. The second kappa shape index (κ2) is 8.40. The normalized spacial score (nSPS) is 11.1. The van der Waals surface area contributed by atoms with Crippen LogP contribution in [0.4, 0.5) is 11.4 Å². The Kier molecular flexibility index (Phi) is 6.14. The number of halogens is 2. The first-order valence-electron chi connectivity index (χ1n) is 7.82. The van der Waals surface area contributed by atoms with Gasteiger partial charge >= 0.3 is 0 Å². The zero-order valence-corrected chi connectivity index (χ0v) is 17.5. The first-order chi connectivity index (χ1) is 13.3. The number of para-hydroxylation sites is 2. The lowest BCUT2D eigenvalue weighted by atomic mass is 10.3. The summed E-state index contributed by atoms with van der Waals surface area (Å²) in [7, 11) is -2.45. The lowest BCUT2D eigenvalue weighted by Crippen LogP contribution is -2.15. The van der Waals surface area contributed by atoms with Crippen LogP contribution in [0.2, 0.25) is 8.67 Å². The molecule has 1 heterocycles. The summed E-state index contributed by atoms with van der Waals surface area (Å²) in [6.45, 7) is 0. The van der Waals surface area contributed by atoms with E-state index < -0.39 is 15.9 Å². The van der Waals surface area contributed by atoms with Gasteiger partial charge in [0.15, 0.2) is 0 Å². The summed E-state index contributed by atoms with van der Waals surface area (Å²) in [5, 5.41) is 2.62. The third-order valence-electron chi connectivity index (χ3n) is 3.65. The van der Waals surface area contributed by atoms with E-state index in [0.29, 0.717) is 21.5 Å². The van der Waals surface area contributed by atoms with Crippen molar-refractivity contribution in [3.63, 3.8) is 0 Å². The van der Waals surface area contributed by atoms with E-state index in [9.17, 15) is 13.2 Å². The highest BCUT2D eigenvalue weighted by atomic mass is 35.5. The summed E-state index contributed by atoms with van der Waals surface area (Å²) >= 11 is 12.9. The number of anilines is 2. The number of hydrogen-bond donors (Lipinski definition) is 2. The minimum Gasteiger partial charge on any atom is -0.495 e. The first kappa shape index (κ1) is 20.5. The summed E-state index contributed by atoms with van der Waals surface area (Å²) in [6, 6.07) is 14.0. The summed E-state index contributed by atoms with van der Waals surface area (Å²) in [4.78, 5) is 12.3. The standard InChI is InChI=1S/C18H14Cl2N2O4S2/c1-26-15-8-3-2-7-14(15)22-28(24,25)12-6-4-5-11(9-12)21-18(23)13-10-16(19)27-17(13)20/h2-10,22H,1H3,(H,21,23). The second-order valence-electron chi connectivity index (χ2n) is 5.53. The molecule has 3 rings (SSSR count). The lowest BCUT2D eigenvalue weighted by molar-refractivity contribution is 0.102.